The Balaban J connectivity index is 2.19. The van der Waals surface area contributed by atoms with Crippen LogP contribution in [0, 0.1) is 0 Å². The van der Waals surface area contributed by atoms with Crippen LogP contribution in [0.25, 0.3) is 0 Å². The summed E-state index contributed by atoms with van der Waals surface area (Å²) in [5.74, 6) is -0.829. The first-order valence-electron chi connectivity index (χ1n) is 4.96. The molecule has 2 N–H and O–H groups in total. The average molecular weight is 211 g/mol. The Bertz CT molecular complexity index is 306. The standard InChI is InChI=1S/C10H17N3O2/c1-10(2,9(14)15)12-4-3-6-13-7-5-11-8-13/h5,7-8,12H,3-4,6H2,1-2H3,(H,14,15). The monoisotopic (exact) mass is 211 g/mol. The second-order valence-electron chi connectivity index (χ2n) is 4.01. The first-order valence-corrected chi connectivity index (χ1v) is 4.96. The van der Waals surface area contributed by atoms with Crippen LogP contribution < -0.4 is 5.32 Å². The van der Waals surface area contributed by atoms with Gasteiger partial charge >= 0.3 is 5.97 Å². The van der Waals surface area contributed by atoms with Gasteiger partial charge < -0.3 is 15.0 Å². The molecule has 1 aromatic rings. The van der Waals surface area contributed by atoms with Gasteiger partial charge in [0.1, 0.15) is 5.54 Å². The van der Waals surface area contributed by atoms with E-state index in [0.29, 0.717) is 6.54 Å². The summed E-state index contributed by atoms with van der Waals surface area (Å²) in [6.45, 7) is 4.85. The molecular formula is C10H17N3O2. The van der Waals surface area contributed by atoms with E-state index in [9.17, 15) is 4.79 Å². The normalized spacial score (nSPS) is 11.6. The molecule has 0 saturated heterocycles. The van der Waals surface area contributed by atoms with Crippen molar-refractivity contribution in [2.45, 2.75) is 32.4 Å². The van der Waals surface area contributed by atoms with Crippen molar-refractivity contribution in [2.75, 3.05) is 6.54 Å². The molecule has 0 radical (unpaired) electrons. The van der Waals surface area contributed by atoms with Gasteiger partial charge in [-0.25, -0.2) is 4.98 Å². The number of aromatic nitrogens is 2. The van der Waals surface area contributed by atoms with E-state index in [-0.39, 0.29) is 0 Å². The number of aryl methyl sites for hydroxylation is 1. The molecule has 5 nitrogen and oxygen atoms in total. The predicted molar refractivity (Wildman–Crippen MR) is 56.6 cm³/mol. The average Bonchev–Trinajstić information content (AvgIpc) is 2.64. The number of carboxylic acids is 1. The second-order valence-corrected chi connectivity index (χ2v) is 4.01. The highest BCUT2D eigenvalue weighted by Crippen LogP contribution is 2.01. The van der Waals surface area contributed by atoms with Gasteiger partial charge in [-0.1, -0.05) is 0 Å². The Morgan fingerprint density at radius 1 is 1.60 bits per heavy atom. The molecule has 0 fully saturated rings. The zero-order valence-corrected chi connectivity index (χ0v) is 9.10. The Morgan fingerprint density at radius 3 is 2.87 bits per heavy atom. The van der Waals surface area contributed by atoms with Gasteiger partial charge in [0.15, 0.2) is 0 Å². The van der Waals surface area contributed by atoms with Gasteiger partial charge in [0.25, 0.3) is 0 Å². The second kappa shape index (κ2) is 4.93. The first-order chi connectivity index (χ1) is 7.02. The molecule has 0 bridgehead atoms. The molecule has 1 aromatic heterocycles. The van der Waals surface area contributed by atoms with Crippen LogP contribution in [0.4, 0.5) is 0 Å². The highest BCUT2D eigenvalue weighted by Gasteiger charge is 2.25. The SMILES string of the molecule is CC(C)(NCCCn1ccnc1)C(=O)O. The molecular weight excluding hydrogens is 194 g/mol. The lowest BCUT2D eigenvalue weighted by Gasteiger charge is -2.20. The lowest BCUT2D eigenvalue weighted by atomic mass is 10.1. The van der Waals surface area contributed by atoms with Gasteiger partial charge in [-0.05, 0) is 26.8 Å². The summed E-state index contributed by atoms with van der Waals surface area (Å²) in [5, 5.41) is 11.8. The molecule has 0 amide bonds. The zero-order chi connectivity index (χ0) is 11.3. The number of aliphatic carboxylic acids is 1. The summed E-state index contributed by atoms with van der Waals surface area (Å²) in [6.07, 6.45) is 6.26. The van der Waals surface area contributed by atoms with Crippen LogP contribution in [0.1, 0.15) is 20.3 Å². The van der Waals surface area contributed by atoms with E-state index in [2.05, 4.69) is 10.3 Å². The lowest BCUT2D eigenvalue weighted by molar-refractivity contribution is -0.143. The van der Waals surface area contributed by atoms with Gasteiger partial charge in [0.05, 0.1) is 6.33 Å². The number of nitrogens with one attached hydrogen (secondary N) is 1. The van der Waals surface area contributed by atoms with Crippen molar-refractivity contribution in [3.63, 3.8) is 0 Å². The minimum absolute atomic E-state index is 0.678. The van der Waals surface area contributed by atoms with E-state index in [1.54, 1.807) is 26.4 Å². The van der Waals surface area contributed by atoms with Gasteiger partial charge in [-0.15, -0.1) is 0 Å². The van der Waals surface area contributed by atoms with Crippen LogP contribution in [0.15, 0.2) is 18.7 Å². The van der Waals surface area contributed by atoms with Gasteiger partial charge in [-0.3, -0.25) is 4.79 Å². The fourth-order valence-electron chi connectivity index (χ4n) is 1.16. The molecule has 84 valence electrons. The van der Waals surface area contributed by atoms with Crippen LogP contribution >= 0.6 is 0 Å². The summed E-state index contributed by atoms with van der Waals surface area (Å²) >= 11 is 0. The van der Waals surface area contributed by atoms with Gasteiger partial charge in [0, 0.05) is 18.9 Å². The molecule has 0 aliphatic heterocycles. The molecule has 1 heterocycles. The largest absolute Gasteiger partial charge is 0.480 e. The highest BCUT2D eigenvalue weighted by molar-refractivity contribution is 5.77. The van der Waals surface area contributed by atoms with Crippen molar-refractivity contribution in [2.24, 2.45) is 0 Å². The van der Waals surface area contributed by atoms with Crippen molar-refractivity contribution in [3.8, 4) is 0 Å². The quantitative estimate of drug-likeness (QED) is 0.681. The number of nitrogens with zero attached hydrogens (tertiary/aromatic N) is 2. The topological polar surface area (TPSA) is 67.2 Å². The highest BCUT2D eigenvalue weighted by atomic mass is 16.4. The fraction of sp³-hybridized carbons (Fsp3) is 0.600. The number of carboxylic acid groups (broad SMARTS) is 1. The third-order valence-corrected chi connectivity index (χ3v) is 2.25. The first kappa shape index (κ1) is 11.7. The summed E-state index contributed by atoms with van der Waals surface area (Å²) in [7, 11) is 0. The Labute approximate surface area is 89.1 Å². The summed E-state index contributed by atoms with van der Waals surface area (Å²) in [4.78, 5) is 14.7. The Kier molecular flexibility index (Phi) is 3.85. The predicted octanol–water partition coefficient (Wildman–Crippen LogP) is 0.726. The van der Waals surface area contributed by atoms with Crippen molar-refractivity contribution >= 4 is 5.97 Å². The smallest absolute Gasteiger partial charge is 0.323 e. The van der Waals surface area contributed by atoms with E-state index in [0.717, 1.165) is 13.0 Å². The summed E-state index contributed by atoms with van der Waals surface area (Å²) in [6, 6.07) is 0. The van der Waals surface area contributed by atoms with E-state index >= 15 is 0 Å². The maximum atomic E-state index is 10.8. The van der Waals surface area contributed by atoms with Crippen molar-refractivity contribution in [1.29, 1.82) is 0 Å². The molecule has 0 aromatic carbocycles. The van der Waals surface area contributed by atoms with Crippen LogP contribution in [0.5, 0.6) is 0 Å². The summed E-state index contributed by atoms with van der Waals surface area (Å²) < 4.78 is 1.97. The van der Waals surface area contributed by atoms with Crippen molar-refractivity contribution in [1.82, 2.24) is 14.9 Å². The Hall–Kier alpha value is -1.36. The van der Waals surface area contributed by atoms with Crippen molar-refractivity contribution in [3.05, 3.63) is 18.7 Å². The van der Waals surface area contributed by atoms with Crippen LogP contribution in [-0.4, -0.2) is 32.7 Å². The van der Waals surface area contributed by atoms with Crippen LogP contribution in [0.3, 0.4) is 0 Å². The van der Waals surface area contributed by atoms with E-state index < -0.39 is 11.5 Å². The van der Waals surface area contributed by atoms with Gasteiger partial charge in [-0.2, -0.15) is 0 Å². The lowest BCUT2D eigenvalue weighted by Crippen LogP contribution is -2.47. The number of rotatable bonds is 6. The Morgan fingerprint density at radius 2 is 2.33 bits per heavy atom. The molecule has 1 rings (SSSR count). The molecule has 0 unspecified atom stereocenters. The summed E-state index contributed by atoms with van der Waals surface area (Å²) in [5.41, 5.74) is -0.852. The zero-order valence-electron chi connectivity index (χ0n) is 9.10. The number of hydrogen-bond acceptors (Lipinski definition) is 3. The van der Waals surface area contributed by atoms with Crippen molar-refractivity contribution < 1.29 is 9.90 Å². The molecule has 15 heavy (non-hydrogen) atoms. The fourth-order valence-corrected chi connectivity index (χ4v) is 1.16. The molecule has 0 aliphatic carbocycles. The minimum atomic E-state index is -0.852. The van der Waals surface area contributed by atoms with Crippen LogP contribution in [-0.2, 0) is 11.3 Å². The maximum absolute atomic E-state index is 10.8. The van der Waals surface area contributed by atoms with E-state index in [1.807, 2.05) is 10.8 Å². The molecule has 0 saturated carbocycles. The number of carbonyl (C=O) groups is 1. The van der Waals surface area contributed by atoms with Gasteiger partial charge in [0.2, 0.25) is 0 Å². The third-order valence-electron chi connectivity index (χ3n) is 2.25. The molecule has 0 spiro atoms. The van der Waals surface area contributed by atoms with E-state index in [1.165, 1.54) is 0 Å². The minimum Gasteiger partial charge on any atom is -0.480 e. The number of hydrogen-bond donors (Lipinski definition) is 2. The van der Waals surface area contributed by atoms with E-state index in [4.69, 9.17) is 5.11 Å². The maximum Gasteiger partial charge on any atom is 0.323 e. The molecule has 0 atom stereocenters. The molecule has 0 aliphatic rings. The number of imidazole rings is 1. The molecule has 5 heteroatoms. The van der Waals surface area contributed by atoms with Crippen LogP contribution in [0.2, 0.25) is 0 Å². The third kappa shape index (κ3) is 3.71.